The Morgan fingerprint density at radius 3 is 2.46 bits per heavy atom. The lowest BCUT2D eigenvalue weighted by atomic mass is 9.93. The summed E-state index contributed by atoms with van der Waals surface area (Å²) in [5, 5.41) is 1.25. The molecule has 28 heavy (non-hydrogen) atoms. The Balaban J connectivity index is 2.00. The number of carbonyl (C=O) groups is 2. The van der Waals surface area contributed by atoms with Crippen LogP contribution in [0.4, 0.5) is 0 Å². The fourth-order valence-corrected chi connectivity index (χ4v) is 4.44. The van der Waals surface area contributed by atoms with Gasteiger partial charge in [0.15, 0.2) is 5.78 Å². The Morgan fingerprint density at radius 1 is 1.18 bits per heavy atom. The number of likely N-dealkylation sites (tertiary alicyclic amines) is 1. The smallest absolute Gasteiger partial charge is 0.234 e. The van der Waals surface area contributed by atoms with E-state index in [2.05, 4.69) is 9.88 Å². The first-order valence-corrected chi connectivity index (χ1v) is 10.5. The van der Waals surface area contributed by atoms with Crippen LogP contribution in [0.1, 0.15) is 82.9 Å². The summed E-state index contributed by atoms with van der Waals surface area (Å²) in [6.45, 7) is 9.61. The quantitative estimate of drug-likeness (QED) is 0.448. The van der Waals surface area contributed by atoms with Crippen LogP contribution in [0.5, 0.6) is 0 Å². The lowest BCUT2D eigenvalue weighted by Gasteiger charge is -2.36. The molecule has 1 aliphatic heterocycles. The molecule has 1 aliphatic carbocycles. The number of aromatic nitrogens is 1. The fraction of sp³-hybridized carbons (Fsp3) is 0.682. The van der Waals surface area contributed by atoms with Gasteiger partial charge in [0.25, 0.3) is 0 Å². The molecule has 0 saturated carbocycles. The van der Waals surface area contributed by atoms with Crippen LogP contribution in [-0.2, 0) is 14.4 Å². The first kappa shape index (κ1) is 20.9. The number of Topliss-reactive ketones (excluding diaryl/α,β-unsaturated/α-hetero) is 1. The maximum Gasteiger partial charge on any atom is 0.234 e. The van der Waals surface area contributed by atoms with E-state index in [0.717, 1.165) is 18.7 Å². The van der Waals surface area contributed by atoms with Gasteiger partial charge in [-0.3, -0.25) is 24.3 Å². The number of fused-ring (bicyclic) bond motifs is 1. The third-order valence-corrected chi connectivity index (χ3v) is 5.79. The molecule has 0 aromatic carbocycles. The minimum absolute atomic E-state index is 0.0166. The molecule has 3 unspecified atom stereocenters. The highest BCUT2D eigenvalue weighted by Gasteiger charge is 2.41. The molecule has 2 heterocycles. The number of hydrogen-bond donors (Lipinski definition) is 0. The Morgan fingerprint density at radius 2 is 1.86 bits per heavy atom. The number of nitrogens with zero attached hydrogens (tertiary/aromatic N) is 3. The van der Waals surface area contributed by atoms with Gasteiger partial charge in [0.1, 0.15) is 6.04 Å². The topological polar surface area (TPSA) is 62.7 Å². The van der Waals surface area contributed by atoms with E-state index < -0.39 is 11.6 Å². The van der Waals surface area contributed by atoms with Crippen molar-refractivity contribution in [3.05, 3.63) is 29.6 Å². The van der Waals surface area contributed by atoms with E-state index in [0.29, 0.717) is 12.8 Å². The minimum Gasteiger partial charge on any atom is -0.297 e. The molecule has 0 N–H and O–H groups in total. The van der Waals surface area contributed by atoms with Crippen LogP contribution in [0, 0.1) is 0 Å². The van der Waals surface area contributed by atoms with Crippen molar-refractivity contribution >= 4 is 12.2 Å². The maximum atomic E-state index is 13.4. The van der Waals surface area contributed by atoms with E-state index in [9.17, 15) is 9.59 Å². The molecule has 154 valence electrons. The summed E-state index contributed by atoms with van der Waals surface area (Å²) < 4.78 is 0. The summed E-state index contributed by atoms with van der Waals surface area (Å²) in [6, 6.07) is 1.53. The molecule has 6 nitrogen and oxygen atoms in total. The van der Waals surface area contributed by atoms with E-state index in [1.807, 2.05) is 46.2 Å². The Labute approximate surface area is 168 Å². The molecule has 3 rings (SSSR count). The van der Waals surface area contributed by atoms with Crippen molar-refractivity contribution < 1.29 is 14.4 Å². The van der Waals surface area contributed by atoms with Gasteiger partial charge in [0.05, 0.1) is 5.60 Å². The Hall–Kier alpha value is -1.79. The second-order valence-electron chi connectivity index (χ2n) is 9.02. The van der Waals surface area contributed by atoms with E-state index in [1.165, 1.54) is 36.3 Å². The second kappa shape index (κ2) is 8.70. The number of rotatable bonds is 4. The zero-order valence-electron chi connectivity index (χ0n) is 17.6. The molecule has 3 atom stereocenters. The first-order chi connectivity index (χ1) is 13.3. The van der Waals surface area contributed by atoms with Gasteiger partial charge in [-0.15, -0.1) is 0 Å². The minimum atomic E-state index is -0.604. The molecular formula is C22H33N3O3. The summed E-state index contributed by atoms with van der Waals surface area (Å²) >= 11 is 0. The third-order valence-electron chi connectivity index (χ3n) is 5.79. The van der Waals surface area contributed by atoms with Crippen molar-refractivity contribution in [3.8, 4) is 0 Å². The average Bonchev–Trinajstić information content (AvgIpc) is 2.99. The highest BCUT2D eigenvalue weighted by atomic mass is 16.7. The molecule has 1 amide bonds. The number of ketones is 1. The Bertz CT molecular complexity index is 693. The van der Waals surface area contributed by atoms with Crippen molar-refractivity contribution in [2.24, 2.45) is 0 Å². The van der Waals surface area contributed by atoms with E-state index in [-0.39, 0.29) is 17.7 Å². The van der Waals surface area contributed by atoms with Gasteiger partial charge in [-0.05, 0) is 70.3 Å². The lowest BCUT2D eigenvalue weighted by molar-refractivity contribution is -0.232. The van der Waals surface area contributed by atoms with Gasteiger partial charge in [0.2, 0.25) is 6.41 Å². The van der Waals surface area contributed by atoms with Gasteiger partial charge < -0.3 is 0 Å². The fourth-order valence-electron chi connectivity index (χ4n) is 4.44. The molecule has 0 radical (unpaired) electrons. The molecular weight excluding hydrogens is 354 g/mol. The van der Waals surface area contributed by atoms with Gasteiger partial charge in [-0.2, -0.15) is 0 Å². The third kappa shape index (κ3) is 4.61. The molecule has 1 aromatic heterocycles. The van der Waals surface area contributed by atoms with Gasteiger partial charge >= 0.3 is 0 Å². The predicted octanol–water partition coefficient (Wildman–Crippen LogP) is 3.63. The normalized spacial score (nSPS) is 26.9. The largest absolute Gasteiger partial charge is 0.297 e. The summed E-state index contributed by atoms with van der Waals surface area (Å²) in [5.74, 6) is -0.306. The Kier molecular flexibility index (Phi) is 6.50. The van der Waals surface area contributed by atoms with Crippen molar-refractivity contribution in [1.82, 2.24) is 14.9 Å². The lowest BCUT2D eigenvalue weighted by Crippen LogP contribution is -2.46. The van der Waals surface area contributed by atoms with Crippen LogP contribution >= 0.6 is 0 Å². The molecule has 0 spiro atoms. The zero-order chi connectivity index (χ0) is 20.3. The molecule has 2 aliphatic rings. The van der Waals surface area contributed by atoms with E-state index in [4.69, 9.17) is 4.84 Å². The van der Waals surface area contributed by atoms with E-state index >= 15 is 0 Å². The van der Waals surface area contributed by atoms with Crippen LogP contribution in [0.25, 0.3) is 0 Å². The van der Waals surface area contributed by atoms with Gasteiger partial charge in [-0.1, -0.05) is 19.8 Å². The van der Waals surface area contributed by atoms with Crippen LogP contribution in [0.3, 0.4) is 0 Å². The van der Waals surface area contributed by atoms with Gasteiger partial charge in [0, 0.05) is 24.4 Å². The SMILES string of the molecule is CC1C(=O)C(N(C=O)OC(C)(C)C)CC(N2CCCCCC2)c2ccncc21. The standard InChI is InChI=1S/C22H33N3O3/c1-16-18-14-23-10-9-17(18)19(24-11-7-5-6-8-12-24)13-20(21(16)27)25(15-26)28-22(2,3)4/h9-10,14-16,19-20H,5-8,11-13H2,1-4H3. The van der Waals surface area contributed by atoms with Crippen LogP contribution < -0.4 is 0 Å². The zero-order valence-corrected chi connectivity index (χ0v) is 17.6. The summed E-state index contributed by atoms with van der Waals surface area (Å²) in [4.78, 5) is 37.9. The summed E-state index contributed by atoms with van der Waals surface area (Å²) in [7, 11) is 0. The highest BCUT2D eigenvalue weighted by Crippen LogP contribution is 2.39. The summed E-state index contributed by atoms with van der Waals surface area (Å²) in [5.41, 5.74) is 1.59. The van der Waals surface area contributed by atoms with Crippen molar-refractivity contribution in [2.45, 2.75) is 83.4 Å². The summed E-state index contributed by atoms with van der Waals surface area (Å²) in [6.07, 6.45) is 9.67. The number of pyridine rings is 1. The van der Waals surface area contributed by atoms with E-state index in [1.54, 1.807) is 0 Å². The molecule has 1 fully saturated rings. The molecule has 1 aromatic rings. The monoisotopic (exact) mass is 387 g/mol. The highest BCUT2D eigenvalue weighted by molar-refractivity contribution is 5.92. The van der Waals surface area contributed by atoms with Gasteiger partial charge in [-0.25, -0.2) is 5.06 Å². The number of carbonyl (C=O) groups excluding carboxylic acids is 2. The molecule has 6 heteroatoms. The number of hydroxylamine groups is 2. The van der Waals surface area contributed by atoms with Crippen molar-refractivity contribution in [2.75, 3.05) is 13.1 Å². The van der Waals surface area contributed by atoms with Crippen LogP contribution in [0.15, 0.2) is 18.5 Å². The number of amides is 1. The predicted molar refractivity (Wildman–Crippen MR) is 108 cm³/mol. The molecule has 1 saturated heterocycles. The maximum absolute atomic E-state index is 13.4. The van der Waals surface area contributed by atoms with Crippen molar-refractivity contribution in [3.63, 3.8) is 0 Å². The van der Waals surface area contributed by atoms with Crippen LogP contribution in [0.2, 0.25) is 0 Å². The first-order valence-electron chi connectivity index (χ1n) is 10.5. The number of hydrogen-bond acceptors (Lipinski definition) is 5. The van der Waals surface area contributed by atoms with Crippen molar-refractivity contribution in [1.29, 1.82) is 0 Å². The second-order valence-corrected chi connectivity index (χ2v) is 9.02. The average molecular weight is 388 g/mol. The molecule has 0 bridgehead atoms. The van der Waals surface area contributed by atoms with Crippen LogP contribution in [-0.4, -0.2) is 51.9 Å².